The van der Waals surface area contributed by atoms with Crippen molar-refractivity contribution in [2.24, 2.45) is 11.8 Å². The van der Waals surface area contributed by atoms with E-state index in [9.17, 15) is 0 Å². The van der Waals surface area contributed by atoms with Gasteiger partial charge in [-0.25, -0.2) is 0 Å². The van der Waals surface area contributed by atoms with Crippen LogP contribution in [0.4, 0.5) is 0 Å². The number of hydrogen-bond acceptors (Lipinski definition) is 0. The van der Waals surface area contributed by atoms with Crippen molar-refractivity contribution in [3.05, 3.63) is 0 Å². The van der Waals surface area contributed by atoms with Crippen molar-refractivity contribution in [2.45, 2.75) is 37.1 Å². The van der Waals surface area contributed by atoms with Crippen molar-refractivity contribution < 1.29 is 19.2 Å². The first-order valence-corrected chi connectivity index (χ1v) is 6.04. The Hall–Kier alpha value is 1.67. The summed E-state index contributed by atoms with van der Waals surface area (Å²) in [6.45, 7) is 9.29. The molecule has 0 aromatic rings. The molecule has 0 nitrogen and oxygen atoms in total. The molecule has 0 bridgehead atoms. The predicted molar refractivity (Wildman–Crippen MR) is 59.9 cm³/mol. The van der Waals surface area contributed by atoms with E-state index >= 15 is 0 Å². The molecular weight excluding hydrogens is 304 g/mol. The third-order valence-electron chi connectivity index (χ3n) is 1.11. The second-order valence-electron chi connectivity index (χ2n) is 3.45. The van der Waals surface area contributed by atoms with Crippen molar-refractivity contribution in [2.75, 3.05) is 0 Å². The molecule has 0 radical (unpaired) electrons. The first-order valence-electron chi connectivity index (χ1n) is 3.83. The summed E-state index contributed by atoms with van der Waals surface area (Å²) in [5.74, 6) is 1.90. The molecule has 0 heterocycles. The standard InChI is InChI=1S/2C4H9.2BrH.Ti/c2*1-4(2)3;;;/h2*4H,1H2,2-3H3;2*1H;. The van der Waals surface area contributed by atoms with E-state index in [1.165, 1.54) is 9.45 Å². The minimum atomic E-state index is 0. The van der Waals surface area contributed by atoms with E-state index in [1.54, 1.807) is 0 Å². The second kappa shape index (κ2) is 11.7. The van der Waals surface area contributed by atoms with Gasteiger partial charge < -0.3 is 0 Å². The number of halogens is 2. The summed E-state index contributed by atoms with van der Waals surface area (Å²) >= 11 is 0.426. The molecule has 0 unspecified atom stereocenters. The van der Waals surface area contributed by atoms with Gasteiger partial charge in [-0.2, -0.15) is 0 Å². The SMILES string of the molecule is Br.Br.CC(C)[CH2][Ti][CH2]C(C)C. The first-order chi connectivity index (χ1) is 4.13. The van der Waals surface area contributed by atoms with Gasteiger partial charge in [-0.1, -0.05) is 0 Å². The van der Waals surface area contributed by atoms with Gasteiger partial charge in [0.25, 0.3) is 0 Å². The molecule has 0 amide bonds. The van der Waals surface area contributed by atoms with Gasteiger partial charge in [0.2, 0.25) is 0 Å². The minimum absolute atomic E-state index is 0. The summed E-state index contributed by atoms with van der Waals surface area (Å²) < 4.78 is 3.05. The van der Waals surface area contributed by atoms with Crippen LogP contribution in [0.25, 0.3) is 0 Å². The summed E-state index contributed by atoms with van der Waals surface area (Å²) in [5.41, 5.74) is 0. The normalized spacial score (nSPS) is 8.91. The molecule has 70 valence electrons. The Bertz CT molecular complexity index is 57.1. The molecule has 0 N–H and O–H groups in total. The average Bonchev–Trinajstić information content (AvgIpc) is 1.63. The molecule has 0 saturated carbocycles. The van der Waals surface area contributed by atoms with Crippen molar-refractivity contribution in [3.63, 3.8) is 0 Å². The average molecular weight is 324 g/mol. The Morgan fingerprint density at radius 3 is 1.27 bits per heavy atom. The van der Waals surface area contributed by atoms with Gasteiger partial charge in [0.15, 0.2) is 0 Å². The van der Waals surface area contributed by atoms with Crippen LogP contribution in [0.2, 0.25) is 9.45 Å². The zero-order valence-electron chi connectivity index (χ0n) is 7.89. The van der Waals surface area contributed by atoms with Gasteiger partial charge in [0.05, 0.1) is 0 Å². The molecule has 0 spiro atoms. The van der Waals surface area contributed by atoms with E-state index in [0.29, 0.717) is 19.2 Å². The Kier molecular flexibility index (Phi) is 19.6. The van der Waals surface area contributed by atoms with E-state index < -0.39 is 0 Å². The molecule has 0 aliphatic rings. The molecule has 11 heavy (non-hydrogen) atoms. The van der Waals surface area contributed by atoms with Gasteiger partial charge in [0.1, 0.15) is 0 Å². The molecule has 0 aliphatic carbocycles. The molecule has 0 aliphatic heterocycles. The van der Waals surface area contributed by atoms with Crippen LogP contribution in [0.5, 0.6) is 0 Å². The quantitative estimate of drug-likeness (QED) is 0.674. The monoisotopic (exact) mass is 322 g/mol. The van der Waals surface area contributed by atoms with Crippen molar-refractivity contribution in [3.8, 4) is 0 Å². The van der Waals surface area contributed by atoms with Crippen LogP contribution in [0, 0.1) is 11.8 Å². The molecule has 0 rings (SSSR count). The topological polar surface area (TPSA) is 0 Å². The Balaban J connectivity index is -0.000000320. The molecular formula is C8H20Br2Ti. The molecule has 3 heteroatoms. The van der Waals surface area contributed by atoms with E-state index in [0.717, 1.165) is 11.8 Å². The zero-order chi connectivity index (χ0) is 7.28. The summed E-state index contributed by atoms with van der Waals surface area (Å²) in [5, 5.41) is 0. The predicted octanol–water partition coefficient (Wildman–Crippen LogP) is 4.37. The Morgan fingerprint density at radius 2 is 1.09 bits per heavy atom. The zero-order valence-corrected chi connectivity index (χ0v) is 12.9. The Morgan fingerprint density at radius 1 is 0.818 bits per heavy atom. The van der Waals surface area contributed by atoms with Crippen LogP contribution in [-0.2, 0) is 19.2 Å². The van der Waals surface area contributed by atoms with Gasteiger partial charge >= 0.3 is 68.1 Å². The number of rotatable bonds is 4. The van der Waals surface area contributed by atoms with Crippen LogP contribution in [-0.4, -0.2) is 0 Å². The van der Waals surface area contributed by atoms with Crippen LogP contribution < -0.4 is 0 Å². The van der Waals surface area contributed by atoms with Crippen molar-refractivity contribution in [1.82, 2.24) is 0 Å². The maximum atomic E-state index is 2.32. The van der Waals surface area contributed by atoms with E-state index in [2.05, 4.69) is 27.7 Å². The third-order valence-corrected chi connectivity index (χ3v) is 4.56. The van der Waals surface area contributed by atoms with E-state index in [1.807, 2.05) is 0 Å². The summed E-state index contributed by atoms with van der Waals surface area (Å²) in [7, 11) is 0. The van der Waals surface area contributed by atoms with Crippen LogP contribution in [0.1, 0.15) is 27.7 Å². The van der Waals surface area contributed by atoms with E-state index in [4.69, 9.17) is 0 Å². The first kappa shape index (κ1) is 18.5. The number of hydrogen-bond donors (Lipinski definition) is 0. The fraction of sp³-hybridized carbons (Fsp3) is 1.00. The van der Waals surface area contributed by atoms with Crippen molar-refractivity contribution in [1.29, 1.82) is 0 Å². The van der Waals surface area contributed by atoms with Gasteiger partial charge in [-0.15, -0.1) is 34.0 Å². The molecule has 0 aromatic carbocycles. The van der Waals surface area contributed by atoms with Crippen LogP contribution >= 0.6 is 34.0 Å². The van der Waals surface area contributed by atoms with Gasteiger partial charge in [0, 0.05) is 0 Å². The summed E-state index contributed by atoms with van der Waals surface area (Å²) in [6, 6.07) is 0. The molecule has 0 saturated heterocycles. The van der Waals surface area contributed by atoms with Crippen LogP contribution in [0.3, 0.4) is 0 Å². The maximum absolute atomic E-state index is 2.32. The van der Waals surface area contributed by atoms with Crippen molar-refractivity contribution >= 4 is 34.0 Å². The second-order valence-corrected chi connectivity index (χ2v) is 5.50. The van der Waals surface area contributed by atoms with E-state index in [-0.39, 0.29) is 34.0 Å². The van der Waals surface area contributed by atoms with Gasteiger partial charge in [-0.3, -0.25) is 0 Å². The van der Waals surface area contributed by atoms with Gasteiger partial charge in [-0.05, 0) is 0 Å². The summed E-state index contributed by atoms with van der Waals surface area (Å²) in [4.78, 5) is 0. The molecule has 0 fully saturated rings. The third kappa shape index (κ3) is 18.6. The Labute approximate surface area is 101 Å². The molecule has 0 aromatic heterocycles. The fourth-order valence-electron chi connectivity index (χ4n) is 0.661. The fourth-order valence-corrected chi connectivity index (χ4v) is 2.72. The summed E-state index contributed by atoms with van der Waals surface area (Å²) in [6.07, 6.45) is 0. The van der Waals surface area contributed by atoms with Crippen LogP contribution in [0.15, 0.2) is 0 Å². The molecule has 0 atom stereocenters.